The molecule has 0 unspecified atom stereocenters. The molecule has 0 bridgehead atoms. The van der Waals surface area contributed by atoms with Gasteiger partial charge in [-0.3, -0.25) is 4.79 Å². The Morgan fingerprint density at radius 1 is 1.04 bits per heavy atom. The number of nitrogens with one attached hydrogen (secondary N) is 2. The van der Waals surface area contributed by atoms with E-state index in [4.69, 9.17) is 0 Å². The SMILES string of the molecule is Cc1ccc(N=C2NC(=O)C(=Cc3c(C)[nH]c4ccccc34)S2)cc1. The summed E-state index contributed by atoms with van der Waals surface area (Å²) in [6, 6.07) is 16.0. The second-order valence-corrected chi connectivity index (χ2v) is 7.06. The summed E-state index contributed by atoms with van der Waals surface area (Å²) in [5.41, 5.74) is 5.18. The summed E-state index contributed by atoms with van der Waals surface area (Å²) in [7, 11) is 0. The highest BCUT2D eigenvalue weighted by Crippen LogP contribution is 2.31. The number of aryl methyl sites for hydroxylation is 2. The zero-order chi connectivity index (χ0) is 17.4. The molecule has 1 saturated heterocycles. The quantitative estimate of drug-likeness (QED) is 0.662. The van der Waals surface area contributed by atoms with Crippen LogP contribution in [0, 0.1) is 13.8 Å². The maximum absolute atomic E-state index is 12.3. The highest BCUT2D eigenvalue weighted by atomic mass is 32.2. The van der Waals surface area contributed by atoms with Gasteiger partial charge in [0.1, 0.15) is 0 Å². The van der Waals surface area contributed by atoms with Gasteiger partial charge in [0.2, 0.25) is 0 Å². The number of carbonyl (C=O) groups excluding carboxylic acids is 1. The van der Waals surface area contributed by atoms with Crippen LogP contribution in [0.3, 0.4) is 0 Å². The molecular formula is C20H17N3OS. The number of carbonyl (C=O) groups is 1. The van der Waals surface area contributed by atoms with Crippen LogP contribution in [0.25, 0.3) is 17.0 Å². The first-order valence-electron chi connectivity index (χ1n) is 8.04. The Morgan fingerprint density at radius 3 is 2.60 bits per heavy atom. The fourth-order valence-electron chi connectivity index (χ4n) is 2.83. The predicted molar refractivity (Wildman–Crippen MR) is 105 cm³/mol. The zero-order valence-electron chi connectivity index (χ0n) is 14.0. The van der Waals surface area contributed by atoms with Gasteiger partial charge < -0.3 is 10.3 Å². The van der Waals surface area contributed by atoms with Crippen molar-refractivity contribution in [3.05, 3.63) is 70.3 Å². The monoisotopic (exact) mass is 347 g/mol. The lowest BCUT2D eigenvalue weighted by Crippen LogP contribution is -2.19. The van der Waals surface area contributed by atoms with Crippen LogP contribution in [0.4, 0.5) is 5.69 Å². The molecule has 1 aromatic heterocycles. The maximum atomic E-state index is 12.3. The van der Waals surface area contributed by atoms with Crippen LogP contribution in [0.1, 0.15) is 16.8 Å². The number of nitrogens with zero attached hydrogens (tertiary/aromatic N) is 1. The molecule has 2 aromatic carbocycles. The number of H-pyrrole nitrogens is 1. The summed E-state index contributed by atoms with van der Waals surface area (Å²) < 4.78 is 0. The van der Waals surface area contributed by atoms with Crippen molar-refractivity contribution in [2.24, 2.45) is 4.99 Å². The van der Waals surface area contributed by atoms with Gasteiger partial charge in [0, 0.05) is 22.2 Å². The Bertz CT molecular complexity index is 1030. The highest BCUT2D eigenvalue weighted by molar-refractivity contribution is 8.18. The number of aromatic nitrogens is 1. The number of rotatable bonds is 2. The second kappa shape index (κ2) is 6.26. The number of fused-ring (bicyclic) bond motifs is 1. The van der Waals surface area contributed by atoms with Crippen molar-refractivity contribution in [2.75, 3.05) is 0 Å². The van der Waals surface area contributed by atoms with Crippen molar-refractivity contribution in [3.8, 4) is 0 Å². The molecule has 0 radical (unpaired) electrons. The number of hydrogen-bond acceptors (Lipinski definition) is 3. The lowest BCUT2D eigenvalue weighted by Gasteiger charge is -1.97. The number of amides is 1. The molecule has 124 valence electrons. The first-order valence-corrected chi connectivity index (χ1v) is 8.85. The number of hydrogen-bond donors (Lipinski definition) is 2. The number of aromatic amines is 1. The summed E-state index contributed by atoms with van der Waals surface area (Å²) in [5.74, 6) is -0.111. The Kier molecular flexibility index (Phi) is 3.93. The van der Waals surface area contributed by atoms with Gasteiger partial charge in [0.05, 0.1) is 10.6 Å². The summed E-state index contributed by atoms with van der Waals surface area (Å²) in [6.07, 6.45) is 1.94. The van der Waals surface area contributed by atoms with Gasteiger partial charge >= 0.3 is 0 Å². The molecule has 1 aliphatic heterocycles. The smallest absolute Gasteiger partial charge is 0.264 e. The topological polar surface area (TPSA) is 57.2 Å². The summed E-state index contributed by atoms with van der Waals surface area (Å²) in [4.78, 5) is 20.8. The van der Waals surface area contributed by atoms with E-state index in [1.54, 1.807) is 0 Å². The van der Waals surface area contributed by atoms with Crippen LogP contribution >= 0.6 is 11.8 Å². The standard InChI is InChI=1S/C20H17N3OS/c1-12-7-9-14(10-8-12)22-20-23-19(24)18(25-20)11-16-13(2)21-17-6-4-3-5-15(16)17/h3-11,21H,1-2H3,(H,22,23,24). The number of thioether (sulfide) groups is 1. The first kappa shape index (κ1) is 15.7. The van der Waals surface area contributed by atoms with Crippen molar-refractivity contribution in [1.82, 2.24) is 10.3 Å². The molecule has 5 heteroatoms. The molecule has 1 fully saturated rings. The molecular weight excluding hydrogens is 330 g/mol. The number of benzene rings is 2. The number of aliphatic imine (C=N–C) groups is 1. The van der Waals surface area contributed by atoms with Gasteiger partial charge in [-0.15, -0.1) is 0 Å². The third-order valence-electron chi connectivity index (χ3n) is 4.13. The normalized spacial score (nSPS) is 17.6. The van der Waals surface area contributed by atoms with Crippen molar-refractivity contribution in [1.29, 1.82) is 0 Å². The van der Waals surface area contributed by atoms with Crippen molar-refractivity contribution in [2.45, 2.75) is 13.8 Å². The van der Waals surface area contributed by atoms with Crippen molar-refractivity contribution >= 4 is 45.5 Å². The van der Waals surface area contributed by atoms with E-state index in [0.717, 1.165) is 27.8 Å². The summed E-state index contributed by atoms with van der Waals surface area (Å²) >= 11 is 1.37. The van der Waals surface area contributed by atoms with Crippen molar-refractivity contribution in [3.63, 3.8) is 0 Å². The molecule has 2 heterocycles. The third-order valence-corrected chi connectivity index (χ3v) is 5.04. The van der Waals surface area contributed by atoms with Crippen LogP contribution in [-0.4, -0.2) is 16.1 Å². The van der Waals surface area contributed by atoms with Gasteiger partial charge in [0.25, 0.3) is 5.91 Å². The number of amidine groups is 1. The van der Waals surface area contributed by atoms with E-state index in [1.807, 2.05) is 62.4 Å². The van der Waals surface area contributed by atoms with Crippen LogP contribution in [0.5, 0.6) is 0 Å². The lowest BCUT2D eigenvalue weighted by molar-refractivity contribution is -0.115. The molecule has 1 aliphatic rings. The second-order valence-electron chi connectivity index (χ2n) is 6.03. The molecule has 0 saturated carbocycles. The lowest BCUT2D eigenvalue weighted by atomic mass is 10.1. The molecule has 0 spiro atoms. The first-order chi connectivity index (χ1) is 12.1. The molecule has 4 nitrogen and oxygen atoms in total. The van der Waals surface area contributed by atoms with E-state index in [1.165, 1.54) is 17.3 Å². The van der Waals surface area contributed by atoms with E-state index in [-0.39, 0.29) is 5.91 Å². The maximum Gasteiger partial charge on any atom is 0.264 e. The molecule has 0 aliphatic carbocycles. The van der Waals surface area contributed by atoms with Crippen molar-refractivity contribution < 1.29 is 4.79 Å². The zero-order valence-corrected chi connectivity index (χ0v) is 14.8. The van der Waals surface area contributed by atoms with Gasteiger partial charge in [-0.05, 0) is 49.9 Å². The van der Waals surface area contributed by atoms with Crippen LogP contribution in [0.15, 0.2) is 58.4 Å². The van der Waals surface area contributed by atoms with E-state index in [2.05, 4.69) is 21.4 Å². The Morgan fingerprint density at radius 2 is 1.80 bits per heavy atom. The number of para-hydroxylation sites is 1. The van der Waals surface area contributed by atoms with Gasteiger partial charge in [-0.2, -0.15) is 0 Å². The average molecular weight is 347 g/mol. The van der Waals surface area contributed by atoms with Crippen LogP contribution in [-0.2, 0) is 4.79 Å². The van der Waals surface area contributed by atoms with Crippen LogP contribution in [0.2, 0.25) is 0 Å². The molecule has 2 N–H and O–H groups in total. The average Bonchev–Trinajstić information content (AvgIpc) is 3.10. The van der Waals surface area contributed by atoms with E-state index in [9.17, 15) is 4.79 Å². The third kappa shape index (κ3) is 3.10. The Hall–Kier alpha value is -2.79. The highest BCUT2D eigenvalue weighted by Gasteiger charge is 2.24. The largest absolute Gasteiger partial charge is 0.358 e. The Labute approximate surface area is 150 Å². The van der Waals surface area contributed by atoms with E-state index >= 15 is 0 Å². The fourth-order valence-corrected chi connectivity index (χ4v) is 3.66. The van der Waals surface area contributed by atoms with E-state index in [0.29, 0.717) is 10.1 Å². The molecule has 3 aromatic rings. The van der Waals surface area contributed by atoms with Gasteiger partial charge in [-0.1, -0.05) is 35.9 Å². The summed E-state index contributed by atoms with van der Waals surface area (Å²) in [5, 5.41) is 4.57. The molecule has 4 rings (SSSR count). The molecule has 25 heavy (non-hydrogen) atoms. The predicted octanol–water partition coefficient (Wildman–Crippen LogP) is 4.68. The Balaban J connectivity index is 1.67. The minimum Gasteiger partial charge on any atom is -0.358 e. The summed E-state index contributed by atoms with van der Waals surface area (Å²) in [6.45, 7) is 4.05. The van der Waals surface area contributed by atoms with Gasteiger partial charge in [-0.25, -0.2) is 4.99 Å². The minimum absolute atomic E-state index is 0.111. The van der Waals surface area contributed by atoms with Gasteiger partial charge in [0.15, 0.2) is 5.17 Å². The molecule has 0 atom stereocenters. The fraction of sp³-hybridized carbons (Fsp3) is 0.100. The minimum atomic E-state index is -0.111. The van der Waals surface area contributed by atoms with Crippen LogP contribution < -0.4 is 5.32 Å². The molecule has 1 amide bonds. The van der Waals surface area contributed by atoms with E-state index < -0.39 is 0 Å².